The van der Waals surface area contributed by atoms with Gasteiger partial charge in [0.25, 0.3) is 5.91 Å². The molecule has 152 valence electrons. The number of carbonyl (C=O) groups excluding carboxylic acids is 1. The van der Waals surface area contributed by atoms with Crippen LogP contribution in [-0.4, -0.2) is 38.7 Å². The molecule has 0 aliphatic rings. The van der Waals surface area contributed by atoms with E-state index in [9.17, 15) is 4.79 Å². The highest BCUT2D eigenvalue weighted by molar-refractivity contribution is 5.79. The first kappa shape index (κ1) is 21.1. The zero-order chi connectivity index (χ0) is 20.2. The summed E-state index contributed by atoms with van der Waals surface area (Å²) in [5.74, 6) is 2.43. The highest BCUT2D eigenvalue weighted by atomic mass is 16.5. The van der Waals surface area contributed by atoms with Gasteiger partial charge in [-0.1, -0.05) is 6.07 Å². The number of likely N-dealkylation sites (N-methyl/N-ethyl adjacent to an activating group) is 1. The fraction of sp³-hybridized carbons (Fsp3) is 0.400. The first-order valence-electron chi connectivity index (χ1n) is 9.27. The van der Waals surface area contributed by atoms with Gasteiger partial charge in [0.2, 0.25) is 0 Å². The molecular weight excluding hydrogens is 360 g/mol. The quantitative estimate of drug-likeness (QED) is 0.426. The van der Waals surface area contributed by atoms with Crippen molar-refractivity contribution in [3.05, 3.63) is 47.9 Å². The molecule has 0 fully saturated rings. The second-order valence-corrected chi connectivity index (χ2v) is 5.86. The Hall–Kier alpha value is -3.16. The van der Waals surface area contributed by atoms with Crippen molar-refractivity contribution in [2.45, 2.75) is 26.9 Å². The molecule has 0 unspecified atom stereocenters. The summed E-state index contributed by atoms with van der Waals surface area (Å²) in [6, 6.07) is 9.29. The van der Waals surface area contributed by atoms with E-state index >= 15 is 0 Å². The van der Waals surface area contributed by atoms with Gasteiger partial charge in [0.15, 0.2) is 24.1 Å². The lowest BCUT2D eigenvalue weighted by atomic mass is 10.2. The van der Waals surface area contributed by atoms with Gasteiger partial charge in [0.1, 0.15) is 5.76 Å². The van der Waals surface area contributed by atoms with Crippen molar-refractivity contribution in [1.82, 2.24) is 16.0 Å². The molecule has 0 radical (unpaired) electrons. The fourth-order valence-electron chi connectivity index (χ4n) is 2.42. The van der Waals surface area contributed by atoms with Crippen LogP contribution < -0.4 is 25.4 Å². The van der Waals surface area contributed by atoms with Crippen LogP contribution >= 0.6 is 0 Å². The van der Waals surface area contributed by atoms with E-state index in [-0.39, 0.29) is 12.5 Å². The van der Waals surface area contributed by atoms with Crippen molar-refractivity contribution < 1.29 is 18.7 Å². The van der Waals surface area contributed by atoms with E-state index in [0.29, 0.717) is 37.1 Å². The average molecular weight is 388 g/mol. The minimum Gasteiger partial charge on any atom is -0.493 e. The Morgan fingerprint density at radius 3 is 2.61 bits per heavy atom. The zero-order valence-corrected chi connectivity index (χ0v) is 16.6. The smallest absolute Gasteiger partial charge is 0.257 e. The van der Waals surface area contributed by atoms with Crippen LogP contribution in [0.3, 0.4) is 0 Å². The molecule has 0 atom stereocenters. The highest BCUT2D eigenvalue weighted by Gasteiger charge is 2.08. The molecule has 8 heteroatoms. The van der Waals surface area contributed by atoms with E-state index < -0.39 is 0 Å². The molecule has 2 rings (SSSR count). The maximum Gasteiger partial charge on any atom is 0.257 e. The van der Waals surface area contributed by atoms with Gasteiger partial charge >= 0.3 is 0 Å². The molecule has 28 heavy (non-hydrogen) atoms. The summed E-state index contributed by atoms with van der Waals surface area (Å²) in [5.41, 5.74) is 0.956. The number of amides is 1. The molecule has 0 saturated heterocycles. The van der Waals surface area contributed by atoms with E-state index in [1.54, 1.807) is 19.4 Å². The standard InChI is InChI=1S/C20H28N4O4/c1-4-21-19(25)14-28-17-9-8-15(11-18(17)26-3)12-23-20(22-5-2)24-13-16-7-6-10-27-16/h6-11H,4-5,12-14H2,1-3H3,(H,21,25)(H2,22,23,24). The number of aliphatic imine (C=N–C) groups is 1. The molecule has 0 spiro atoms. The zero-order valence-electron chi connectivity index (χ0n) is 16.6. The molecule has 0 saturated carbocycles. The predicted molar refractivity (Wildman–Crippen MR) is 108 cm³/mol. The van der Waals surface area contributed by atoms with Crippen molar-refractivity contribution in [2.24, 2.45) is 4.99 Å². The Balaban J connectivity index is 1.98. The fourth-order valence-corrected chi connectivity index (χ4v) is 2.42. The summed E-state index contributed by atoms with van der Waals surface area (Å²) in [7, 11) is 1.57. The number of benzene rings is 1. The lowest BCUT2D eigenvalue weighted by Crippen LogP contribution is -2.36. The Bertz CT molecular complexity index is 760. The minimum atomic E-state index is -0.170. The molecule has 0 bridgehead atoms. The van der Waals surface area contributed by atoms with Crippen molar-refractivity contribution in [2.75, 3.05) is 26.8 Å². The van der Waals surface area contributed by atoms with Crippen molar-refractivity contribution in [3.63, 3.8) is 0 Å². The van der Waals surface area contributed by atoms with Gasteiger partial charge in [-0.25, -0.2) is 4.99 Å². The van der Waals surface area contributed by atoms with Gasteiger partial charge in [-0.05, 0) is 43.7 Å². The van der Waals surface area contributed by atoms with E-state index in [4.69, 9.17) is 13.9 Å². The summed E-state index contributed by atoms with van der Waals surface area (Å²) in [6.45, 7) is 6.14. The number of ether oxygens (including phenoxy) is 2. The second-order valence-electron chi connectivity index (χ2n) is 5.86. The van der Waals surface area contributed by atoms with Crippen LogP contribution in [0.4, 0.5) is 0 Å². The molecule has 1 amide bonds. The van der Waals surface area contributed by atoms with E-state index in [2.05, 4.69) is 20.9 Å². The summed E-state index contributed by atoms with van der Waals surface area (Å²) < 4.78 is 16.2. The van der Waals surface area contributed by atoms with Crippen LogP contribution in [0.1, 0.15) is 25.2 Å². The van der Waals surface area contributed by atoms with Gasteiger partial charge in [0.05, 0.1) is 26.5 Å². The number of carbonyl (C=O) groups is 1. The summed E-state index contributed by atoms with van der Waals surface area (Å²) >= 11 is 0. The molecule has 0 aliphatic heterocycles. The number of guanidine groups is 1. The van der Waals surface area contributed by atoms with Crippen LogP contribution in [0.25, 0.3) is 0 Å². The van der Waals surface area contributed by atoms with Crippen LogP contribution in [-0.2, 0) is 17.9 Å². The number of rotatable bonds is 10. The number of nitrogens with one attached hydrogen (secondary N) is 3. The number of methoxy groups -OCH3 is 1. The van der Waals surface area contributed by atoms with Gasteiger partial charge in [-0.15, -0.1) is 0 Å². The third kappa shape index (κ3) is 6.86. The number of hydrogen-bond acceptors (Lipinski definition) is 5. The molecule has 1 heterocycles. The monoisotopic (exact) mass is 388 g/mol. The Kier molecular flexibility index (Phi) is 8.71. The van der Waals surface area contributed by atoms with Crippen LogP contribution in [0.15, 0.2) is 46.0 Å². The summed E-state index contributed by atoms with van der Waals surface area (Å²) in [5, 5.41) is 9.11. The summed E-state index contributed by atoms with van der Waals surface area (Å²) in [6.07, 6.45) is 1.64. The largest absolute Gasteiger partial charge is 0.493 e. The van der Waals surface area contributed by atoms with Crippen molar-refractivity contribution >= 4 is 11.9 Å². The third-order valence-corrected chi connectivity index (χ3v) is 3.73. The predicted octanol–water partition coefficient (Wildman–Crippen LogP) is 2.06. The molecule has 0 aliphatic carbocycles. The number of hydrogen-bond donors (Lipinski definition) is 3. The Morgan fingerprint density at radius 1 is 1.11 bits per heavy atom. The van der Waals surface area contributed by atoms with Crippen LogP contribution in [0.5, 0.6) is 11.5 Å². The topological polar surface area (TPSA) is 97.1 Å². The lowest BCUT2D eigenvalue weighted by molar-refractivity contribution is -0.123. The van der Waals surface area contributed by atoms with Gasteiger partial charge in [-0.2, -0.15) is 0 Å². The first-order chi connectivity index (χ1) is 13.7. The van der Waals surface area contributed by atoms with Gasteiger partial charge < -0.3 is 29.8 Å². The second kappa shape index (κ2) is 11.5. The minimum absolute atomic E-state index is 0.0526. The maximum atomic E-state index is 11.6. The van der Waals surface area contributed by atoms with Crippen LogP contribution in [0, 0.1) is 0 Å². The molecular formula is C20H28N4O4. The molecule has 8 nitrogen and oxygen atoms in total. The normalized spacial score (nSPS) is 11.0. The Morgan fingerprint density at radius 2 is 1.93 bits per heavy atom. The maximum absolute atomic E-state index is 11.6. The lowest BCUT2D eigenvalue weighted by Gasteiger charge is -2.12. The third-order valence-electron chi connectivity index (χ3n) is 3.73. The SMILES string of the molecule is CCNC(=O)COc1ccc(CN=C(NCC)NCc2ccco2)cc1OC. The van der Waals surface area contributed by atoms with Gasteiger partial charge in [0, 0.05) is 13.1 Å². The van der Waals surface area contributed by atoms with E-state index in [1.807, 2.05) is 38.1 Å². The molecule has 3 N–H and O–H groups in total. The average Bonchev–Trinajstić information content (AvgIpc) is 3.22. The molecule has 1 aromatic carbocycles. The van der Waals surface area contributed by atoms with Crippen LogP contribution in [0.2, 0.25) is 0 Å². The number of furan rings is 1. The van der Waals surface area contributed by atoms with E-state index in [1.165, 1.54) is 0 Å². The van der Waals surface area contributed by atoms with Crippen molar-refractivity contribution in [1.29, 1.82) is 0 Å². The van der Waals surface area contributed by atoms with E-state index in [0.717, 1.165) is 17.9 Å². The van der Waals surface area contributed by atoms with Gasteiger partial charge in [-0.3, -0.25) is 4.79 Å². The highest BCUT2D eigenvalue weighted by Crippen LogP contribution is 2.28. The summed E-state index contributed by atoms with van der Waals surface area (Å²) in [4.78, 5) is 16.1. The first-order valence-corrected chi connectivity index (χ1v) is 9.27. The Labute approximate surface area is 165 Å². The molecule has 2 aromatic rings. The molecule has 1 aromatic heterocycles. The van der Waals surface area contributed by atoms with Crippen molar-refractivity contribution in [3.8, 4) is 11.5 Å². The number of nitrogens with zero attached hydrogens (tertiary/aromatic N) is 1.